The smallest absolute Gasteiger partial charge is 0.253 e. The third-order valence-electron chi connectivity index (χ3n) is 5.06. The molecular formula is C18H27N3O3S. The quantitative estimate of drug-likeness (QED) is 0.850. The summed E-state index contributed by atoms with van der Waals surface area (Å²) in [5, 5.41) is 3.30. The number of aryl methyl sites for hydroxylation is 1. The molecule has 3 rings (SSSR count). The molecule has 7 heteroatoms. The van der Waals surface area contributed by atoms with Crippen LogP contribution in [-0.2, 0) is 10.0 Å². The van der Waals surface area contributed by atoms with Gasteiger partial charge in [-0.05, 0) is 44.4 Å². The molecule has 0 bridgehead atoms. The molecule has 0 radical (unpaired) electrons. The fourth-order valence-corrected chi connectivity index (χ4v) is 5.22. The van der Waals surface area contributed by atoms with E-state index in [1.54, 1.807) is 24.0 Å². The molecule has 2 N–H and O–H groups in total. The number of nitrogens with zero attached hydrogens (tertiary/aromatic N) is 1. The fourth-order valence-electron chi connectivity index (χ4n) is 3.65. The molecule has 1 heterocycles. The van der Waals surface area contributed by atoms with E-state index in [0.717, 1.165) is 32.2 Å². The molecule has 1 aromatic carbocycles. The van der Waals surface area contributed by atoms with E-state index in [1.165, 1.54) is 6.07 Å². The topological polar surface area (TPSA) is 78.5 Å². The number of benzene rings is 1. The van der Waals surface area contributed by atoms with Gasteiger partial charge in [-0.3, -0.25) is 4.79 Å². The third-order valence-corrected chi connectivity index (χ3v) is 6.72. The summed E-state index contributed by atoms with van der Waals surface area (Å²) in [5.41, 5.74) is 1.10. The Balaban J connectivity index is 1.83. The van der Waals surface area contributed by atoms with E-state index in [4.69, 9.17) is 0 Å². The molecule has 25 heavy (non-hydrogen) atoms. The van der Waals surface area contributed by atoms with Crippen LogP contribution >= 0.6 is 0 Å². The molecule has 1 aliphatic heterocycles. The Morgan fingerprint density at radius 3 is 2.68 bits per heavy atom. The summed E-state index contributed by atoms with van der Waals surface area (Å²) in [6, 6.07) is 5.23. The molecule has 2 fully saturated rings. The van der Waals surface area contributed by atoms with Crippen molar-refractivity contribution in [1.82, 2.24) is 14.9 Å². The highest BCUT2D eigenvalue weighted by Crippen LogP contribution is 2.23. The normalized spacial score (nSPS) is 22.3. The molecule has 1 saturated carbocycles. The van der Waals surface area contributed by atoms with E-state index in [-0.39, 0.29) is 22.9 Å². The summed E-state index contributed by atoms with van der Waals surface area (Å²) in [7, 11) is -3.60. The van der Waals surface area contributed by atoms with Crippen LogP contribution in [-0.4, -0.2) is 50.9 Å². The van der Waals surface area contributed by atoms with Crippen LogP contribution in [0.4, 0.5) is 0 Å². The van der Waals surface area contributed by atoms with Gasteiger partial charge in [0.2, 0.25) is 10.0 Å². The van der Waals surface area contributed by atoms with Gasteiger partial charge in [-0.15, -0.1) is 0 Å². The number of amides is 1. The first-order valence-electron chi connectivity index (χ1n) is 9.02. The van der Waals surface area contributed by atoms with Gasteiger partial charge in [0.05, 0.1) is 4.90 Å². The molecule has 1 atom stereocenters. The number of rotatable bonds is 4. The van der Waals surface area contributed by atoms with Gasteiger partial charge in [-0.2, -0.15) is 0 Å². The second-order valence-corrected chi connectivity index (χ2v) is 8.87. The molecule has 138 valence electrons. The number of sulfonamides is 1. The lowest BCUT2D eigenvalue weighted by atomic mass is 10.1. The van der Waals surface area contributed by atoms with E-state index in [1.807, 2.05) is 6.92 Å². The van der Waals surface area contributed by atoms with E-state index < -0.39 is 10.0 Å². The molecule has 1 saturated heterocycles. The van der Waals surface area contributed by atoms with Crippen molar-refractivity contribution in [2.75, 3.05) is 19.6 Å². The standard InChI is InChI=1S/C18H27N3O3S/c1-13-7-8-15(18(22)21-10-9-19-14(2)12-21)11-17(13)25(23,24)20-16-5-3-4-6-16/h7-8,11,14,16,19-20H,3-6,9-10,12H2,1-2H3. The predicted molar refractivity (Wildman–Crippen MR) is 97.1 cm³/mol. The zero-order valence-corrected chi connectivity index (χ0v) is 15.7. The van der Waals surface area contributed by atoms with Crippen LogP contribution in [0.1, 0.15) is 48.5 Å². The highest BCUT2D eigenvalue weighted by molar-refractivity contribution is 7.89. The van der Waals surface area contributed by atoms with Crippen molar-refractivity contribution in [3.05, 3.63) is 29.3 Å². The number of hydrogen-bond acceptors (Lipinski definition) is 4. The maximum absolute atomic E-state index is 12.8. The Kier molecular flexibility index (Phi) is 5.46. The molecule has 1 aliphatic carbocycles. The molecule has 1 aromatic rings. The van der Waals surface area contributed by atoms with Gasteiger partial charge in [0.15, 0.2) is 0 Å². The summed E-state index contributed by atoms with van der Waals surface area (Å²) in [5.74, 6) is -0.106. The lowest BCUT2D eigenvalue weighted by Crippen LogP contribution is -2.51. The zero-order valence-electron chi connectivity index (χ0n) is 14.9. The average molecular weight is 365 g/mol. The molecular weight excluding hydrogens is 338 g/mol. The first kappa shape index (κ1) is 18.4. The maximum atomic E-state index is 12.8. The molecule has 0 aromatic heterocycles. The van der Waals surface area contributed by atoms with Gasteiger partial charge in [0, 0.05) is 37.3 Å². The molecule has 1 amide bonds. The molecule has 2 aliphatic rings. The van der Waals surface area contributed by atoms with Crippen LogP contribution in [0.15, 0.2) is 23.1 Å². The number of piperazine rings is 1. The van der Waals surface area contributed by atoms with Crippen LogP contribution in [0.2, 0.25) is 0 Å². The van der Waals surface area contributed by atoms with Crippen LogP contribution < -0.4 is 10.0 Å². The summed E-state index contributed by atoms with van der Waals surface area (Å²) in [6.07, 6.45) is 3.89. The SMILES string of the molecule is Cc1ccc(C(=O)N2CCNC(C)C2)cc1S(=O)(=O)NC1CCCC1. The Bertz CT molecular complexity index is 742. The van der Waals surface area contributed by atoms with Crippen molar-refractivity contribution in [1.29, 1.82) is 0 Å². The predicted octanol–water partition coefficient (Wildman–Crippen LogP) is 1.65. The minimum Gasteiger partial charge on any atom is -0.336 e. The zero-order chi connectivity index (χ0) is 18.0. The van der Waals surface area contributed by atoms with Gasteiger partial charge >= 0.3 is 0 Å². The summed E-state index contributed by atoms with van der Waals surface area (Å²) in [4.78, 5) is 14.8. The van der Waals surface area contributed by atoms with Crippen molar-refractivity contribution in [2.24, 2.45) is 0 Å². The van der Waals surface area contributed by atoms with E-state index >= 15 is 0 Å². The van der Waals surface area contributed by atoms with Crippen LogP contribution in [0.5, 0.6) is 0 Å². The maximum Gasteiger partial charge on any atom is 0.253 e. The second kappa shape index (κ2) is 7.43. The summed E-state index contributed by atoms with van der Waals surface area (Å²) in [6.45, 7) is 5.84. The molecule has 1 unspecified atom stereocenters. The van der Waals surface area contributed by atoms with Crippen LogP contribution in [0.25, 0.3) is 0 Å². The van der Waals surface area contributed by atoms with E-state index in [9.17, 15) is 13.2 Å². The highest BCUT2D eigenvalue weighted by Gasteiger charge is 2.27. The second-order valence-electron chi connectivity index (χ2n) is 7.19. The van der Waals surface area contributed by atoms with Gasteiger partial charge in [0.1, 0.15) is 0 Å². The van der Waals surface area contributed by atoms with Crippen molar-refractivity contribution < 1.29 is 13.2 Å². The monoisotopic (exact) mass is 365 g/mol. The number of carbonyl (C=O) groups excluding carboxylic acids is 1. The van der Waals surface area contributed by atoms with Crippen molar-refractivity contribution in [2.45, 2.75) is 56.5 Å². The summed E-state index contributed by atoms with van der Waals surface area (Å²) >= 11 is 0. The van der Waals surface area contributed by atoms with Crippen molar-refractivity contribution >= 4 is 15.9 Å². The van der Waals surface area contributed by atoms with Gasteiger partial charge in [-0.1, -0.05) is 18.9 Å². The molecule has 6 nitrogen and oxygen atoms in total. The fraction of sp³-hybridized carbons (Fsp3) is 0.611. The Labute approximate surface area is 150 Å². The minimum atomic E-state index is -3.60. The average Bonchev–Trinajstić information content (AvgIpc) is 3.06. The van der Waals surface area contributed by atoms with Crippen LogP contribution in [0, 0.1) is 6.92 Å². The van der Waals surface area contributed by atoms with Crippen molar-refractivity contribution in [3.63, 3.8) is 0 Å². The summed E-state index contributed by atoms with van der Waals surface area (Å²) < 4.78 is 28.3. The van der Waals surface area contributed by atoms with Crippen LogP contribution in [0.3, 0.4) is 0 Å². The van der Waals surface area contributed by atoms with Gasteiger partial charge in [-0.25, -0.2) is 13.1 Å². The largest absolute Gasteiger partial charge is 0.336 e. The highest BCUT2D eigenvalue weighted by atomic mass is 32.2. The van der Waals surface area contributed by atoms with Gasteiger partial charge < -0.3 is 10.2 Å². The Morgan fingerprint density at radius 2 is 2.00 bits per heavy atom. The lowest BCUT2D eigenvalue weighted by molar-refractivity contribution is 0.0709. The lowest BCUT2D eigenvalue weighted by Gasteiger charge is -2.32. The molecule has 0 spiro atoms. The van der Waals surface area contributed by atoms with E-state index in [0.29, 0.717) is 24.2 Å². The Hall–Kier alpha value is -1.44. The Morgan fingerprint density at radius 1 is 1.28 bits per heavy atom. The first-order chi connectivity index (χ1) is 11.9. The first-order valence-corrected chi connectivity index (χ1v) is 10.5. The van der Waals surface area contributed by atoms with Crippen molar-refractivity contribution in [3.8, 4) is 0 Å². The third kappa shape index (κ3) is 4.22. The van der Waals surface area contributed by atoms with Gasteiger partial charge in [0.25, 0.3) is 5.91 Å². The number of carbonyl (C=O) groups is 1. The minimum absolute atomic E-state index is 0.0118. The number of hydrogen-bond donors (Lipinski definition) is 2. The van der Waals surface area contributed by atoms with E-state index in [2.05, 4.69) is 10.0 Å². The number of nitrogens with one attached hydrogen (secondary N) is 2.